The number of carbonyl (C=O) groups is 1. The van der Waals surface area contributed by atoms with Gasteiger partial charge in [-0.2, -0.15) is 0 Å². The van der Waals surface area contributed by atoms with Crippen LogP contribution in [0.15, 0.2) is 59.5 Å². The first-order valence-corrected chi connectivity index (χ1v) is 8.80. The van der Waals surface area contributed by atoms with E-state index in [9.17, 15) is 9.59 Å². The van der Waals surface area contributed by atoms with E-state index in [4.69, 9.17) is 0 Å². The summed E-state index contributed by atoms with van der Waals surface area (Å²) in [5, 5.41) is 9.91. The topological polar surface area (TPSA) is 91.8 Å². The Kier molecular flexibility index (Phi) is 4.33. The van der Waals surface area contributed by atoms with Crippen LogP contribution in [0, 0.1) is 0 Å². The minimum atomic E-state index is -0.392. The van der Waals surface area contributed by atoms with E-state index < -0.39 is 6.03 Å². The van der Waals surface area contributed by atoms with Gasteiger partial charge in [0.1, 0.15) is 0 Å². The molecule has 0 fully saturated rings. The number of rotatable bonds is 4. The first-order chi connectivity index (χ1) is 13.2. The highest BCUT2D eigenvalue weighted by Crippen LogP contribution is 2.21. The molecular formula is C20H19N5O2. The lowest BCUT2D eigenvalue weighted by atomic mass is 10.2. The Morgan fingerprint density at radius 1 is 1.15 bits per heavy atom. The molecular weight excluding hydrogens is 342 g/mol. The second-order valence-electron chi connectivity index (χ2n) is 6.28. The lowest BCUT2D eigenvalue weighted by Gasteiger charge is -2.10. The van der Waals surface area contributed by atoms with Crippen LogP contribution < -0.4 is 16.2 Å². The maximum Gasteiger partial charge on any atom is 0.323 e. The first kappa shape index (κ1) is 16.8. The lowest BCUT2D eigenvalue weighted by molar-refractivity contribution is 0.262. The molecule has 7 heteroatoms. The molecule has 0 aliphatic rings. The number of aryl methyl sites for hydroxylation is 1. The van der Waals surface area contributed by atoms with Gasteiger partial charge in [-0.15, -0.1) is 0 Å². The summed E-state index contributed by atoms with van der Waals surface area (Å²) in [6.07, 6.45) is 2.60. The van der Waals surface area contributed by atoms with Crippen LogP contribution in [0.25, 0.3) is 21.8 Å². The predicted octanol–water partition coefficient (Wildman–Crippen LogP) is 3.93. The van der Waals surface area contributed by atoms with Crippen LogP contribution in [0.5, 0.6) is 0 Å². The van der Waals surface area contributed by atoms with Crippen molar-refractivity contribution in [3.05, 3.63) is 65.1 Å². The van der Waals surface area contributed by atoms with Crippen LogP contribution in [-0.2, 0) is 6.54 Å². The van der Waals surface area contributed by atoms with Crippen molar-refractivity contribution in [1.29, 1.82) is 0 Å². The maximum atomic E-state index is 12.4. The molecule has 7 nitrogen and oxygen atoms in total. The number of amides is 2. The van der Waals surface area contributed by atoms with E-state index in [-0.39, 0.29) is 5.56 Å². The van der Waals surface area contributed by atoms with E-state index in [0.717, 1.165) is 29.4 Å². The van der Waals surface area contributed by atoms with Gasteiger partial charge >= 0.3 is 6.03 Å². The van der Waals surface area contributed by atoms with Gasteiger partial charge in [0.25, 0.3) is 5.56 Å². The van der Waals surface area contributed by atoms with E-state index in [1.807, 2.05) is 41.9 Å². The number of H-pyrrole nitrogens is 1. The number of benzene rings is 2. The number of fused-ring (bicyclic) bond motifs is 2. The van der Waals surface area contributed by atoms with Gasteiger partial charge in [0.05, 0.1) is 22.1 Å². The van der Waals surface area contributed by atoms with Crippen LogP contribution in [0.3, 0.4) is 0 Å². The molecule has 0 radical (unpaired) electrons. The fourth-order valence-corrected chi connectivity index (χ4v) is 3.16. The van der Waals surface area contributed by atoms with Crippen molar-refractivity contribution in [3.8, 4) is 0 Å². The zero-order chi connectivity index (χ0) is 18.8. The third kappa shape index (κ3) is 3.27. The Hall–Kier alpha value is -3.61. The summed E-state index contributed by atoms with van der Waals surface area (Å²) >= 11 is 0. The Morgan fingerprint density at radius 2 is 2.00 bits per heavy atom. The zero-order valence-corrected chi connectivity index (χ0v) is 14.8. The fraction of sp³-hybridized carbons (Fsp3) is 0.150. The van der Waals surface area contributed by atoms with E-state index in [0.29, 0.717) is 16.8 Å². The van der Waals surface area contributed by atoms with Crippen molar-refractivity contribution in [2.24, 2.45) is 0 Å². The normalized spacial score (nSPS) is 11.0. The number of carbonyl (C=O) groups excluding carboxylic acids is 1. The monoisotopic (exact) mass is 361 g/mol. The highest BCUT2D eigenvalue weighted by Gasteiger charge is 2.10. The summed E-state index contributed by atoms with van der Waals surface area (Å²) in [7, 11) is 0. The number of hydrogen-bond acceptors (Lipinski definition) is 3. The number of aromatic amines is 1. The van der Waals surface area contributed by atoms with Crippen molar-refractivity contribution in [2.75, 3.05) is 10.6 Å². The van der Waals surface area contributed by atoms with Gasteiger partial charge < -0.3 is 10.6 Å². The Morgan fingerprint density at radius 3 is 2.85 bits per heavy atom. The van der Waals surface area contributed by atoms with Gasteiger partial charge in [0.15, 0.2) is 0 Å². The predicted molar refractivity (Wildman–Crippen MR) is 107 cm³/mol. The Labute approximate surface area is 155 Å². The maximum absolute atomic E-state index is 12.4. The lowest BCUT2D eigenvalue weighted by Crippen LogP contribution is -2.19. The molecule has 0 atom stereocenters. The summed E-state index contributed by atoms with van der Waals surface area (Å²) in [6.45, 7) is 2.78. The van der Waals surface area contributed by atoms with Crippen molar-refractivity contribution in [1.82, 2.24) is 14.8 Å². The third-order valence-corrected chi connectivity index (χ3v) is 4.35. The molecule has 0 saturated carbocycles. The van der Waals surface area contributed by atoms with Crippen molar-refractivity contribution in [2.45, 2.75) is 19.9 Å². The quantitative estimate of drug-likeness (QED) is 0.514. The number of nitrogens with one attached hydrogen (secondary N) is 3. The molecule has 2 aromatic heterocycles. The summed E-state index contributed by atoms with van der Waals surface area (Å²) in [5.41, 5.74) is 2.55. The van der Waals surface area contributed by atoms with Crippen LogP contribution in [0.2, 0.25) is 0 Å². The highest BCUT2D eigenvalue weighted by atomic mass is 16.2. The molecule has 3 N–H and O–H groups in total. The molecule has 2 heterocycles. The van der Waals surface area contributed by atoms with Gasteiger partial charge in [-0.25, -0.2) is 4.79 Å². The van der Waals surface area contributed by atoms with E-state index in [2.05, 4.69) is 20.7 Å². The number of para-hydroxylation sites is 1. The van der Waals surface area contributed by atoms with Gasteiger partial charge in [0, 0.05) is 23.8 Å². The number of anilines is 2. The average Bonchev–Trinajstić information content (AvgIpc) is 2.98. The fourth-order valence-electron chi connectivity index (χ4n) is 3.16. The Bertz CT molecular complexity index is 1190. The number of hydrogen-bond donors (Lipinski definition) is 3. The van der Waals surface area contributed by atoms with Gasteiger partial charge in [-0.05, 0) is 36.8 Å². The minimum Gasteiger partial charge on any atom is -0.308 e. The molecule has 0 unspecified atom stereocenters. The molecule has 0 bridgehead atoms. The Balaban J connectivity index is 1.57. The second-order valence-corrected chi connectivity index (χ2v) is 6.28. The third-order valence-electron chi connectivity index (χ3n) is 4.35. The van der Waals surface area contributed by atoms with Crippen LogP contribution in [-0.4, -0.2) is 20.8 Å². The molecule has 2 amide bonds. The molecule has 0 saturated heterocycles. The highest BCUT2D eigenvalue weighted by molar-refractivity contribution is 6.05. The van der Waals surface area contributed by atoms with Crippen molar-refractivity contribution < 1.29 is 4.79 Å². The standard InChI is InChI=1S/C20H19N5O2/c1-2-11-25-17-9-8-14(12-15(17)19(26)24-25)22-20(27)23-16-7-3-5-13-6-4-10-21-18(13)16/h3-10,12H,2,11H2,1H3,(H,24,26)(H2,22,23,27). The summed E-state index contributed by atoms with van der Waals surface area (Å²) in [4.78, 5) is 28.9. The first-order valence-electron chi connectivity index (χ1n) is 8.80. The molecule has 136 valence electrons. The SMILES string of the molecule is CCCn1[nH]c(=O)c2cc(NC(=O)Nc3cccc4cccnc34)ccc21. The van der Waals surface area contributed by atoms with Gasteiger partial charge in [-0.3, -0.25) is 19.6 Å². The summed E-state index contributed by atoms with van der Waals surface area (Å²) < 4.78 is 1.82. The smallest absolute Gasteiger partial charge is 0.308 e. The molecule has 2 aromatic carbocycles. The van der Waals surface area contributed by atoms with Gasteiger partial charge in [0.2, 0.25) is 0 Å². The number of urea groups is 1. The molecule has 27 heavy (non-hydrogen) atoms. The summed E-state index contributed by atoms with van der Waals surface area (Å²) in [6, 6.07) is 14.3. The van der Waals surface area contributed by atoms with Crippen LogP contribution in [0.1, 0.15) is 13.3 Å². The zero-order valence-electron chi connectivity index (χ0n) is 14.8. The van der Waals surface area contributed by atoms with Crippen LogP contribution >= 0.6 is 0 Å². The van der Waals surface area contributed by atoms with Crippen LogP contribution in [0.4, 0.5) is 16.2 Å². The second kappa shape index (κ2) is 6.95. The van der Waals surface area contributed by atoms with Crippen molar-refractivity contribution in [3.63, 3.8) is 0 Å². The van der Waals surface area contributed by atoms with Gasteiger partial charge in [-0.1, -0.05) is 25.1 Å². The molecule has 4 aromatic rings. The molecule has 0 aliphatic heterocycles. The molecule has 0 spiro atoms. The minimum absolute atomic E-state index is 0.166. The number of aromatic nitrogens is 3. The van der Waals surface area contributed by atoms with E-state index in [1.165, 1.54) is 0 Å². The number of nitrogens with zero attached hydrogens (tertiary/aromatic N) is 2. The molecule has 4 rings (SSSR count). The number of pyridine rings is 1. The van der Waals surface area contributed by atoms with Crippen molar-refractivity contribution >= 4 is 39.2 Å². The summed E-state index contributed by atoms with van der Waals surface area (Å²) in [5.74, 6) is 0. The largest absolute Gasteiger partial charge is 0.323 e. The van der Waals surface area contributed by atoms with E-state index >= 15 is 0 Å². The average molecular weight is 361 g/mol. The van der Waals surface area contributed by atoms with E-state index in [1.54, 1.807) is 24.4 Å². The molecule has 0 aliphatic carbocycles.